The number of H-pyrrole nitrogens is 1. The molecule has 480 valence electrons. The fourth-order valence-corrected chi connectivity index (χ4v) is 13.3. The summed E-state index contributed by atoms with van der Waals surface area (Å²) in [6, 6.07) is 10.6. The van der Waals surface area contributed by atoms with Gasteiger partial charge in [0, 0.05) is 74.2 Å². The topological polar surface area (TPSA) is 360 Å². The molecule has 0 spiro atoms. The largest absolute Gasteiger partial charge is 0.507 e. The van der Waals surface area contributed by atoms with E-state index in [1.807, 2.05) is 24.3 Å². The van der Waals surface area contributed by atoms with Crippen LogP contribution in [-0.4, -0.2) is 217 Å². The van der Waals surface area contributed by atoms with E-state index in [0.717, 1.165) is 16.5 Å². The van der Waals surface area contributed by atoms with Crippen molar-refractivity contribution in [2.45, 2.75) is 235 Å². The number of hydrogen-bond acceptors (Lipinski definition) is 24. The summed E-state index contributed by atoms with van der Waals surface area (Å²) in [7, 11) is 2.52. The molecule has 5 fully saturated rings. The van der Waals surface area contributed by atoms with Gasteiger partial charge in [-0.15, -0.1) is 0 Å². The molecule has 0 amide bonds. The predicted octanol–water partition coefficient (Wildman–Crippen LogP) is 2.91. The lowest BCUT2D eigenvalue weighted by Gasteiger charge is -2.46. The van der Waals surface area contributed by atoms with Crippen molar-refractivity contribution in [1.29, 1.82) is 0 Å². The molecule has 10 rings (SSSR count). The third kappa shape index (κ3) is 13.4. The molecule has 1 aliphatic carbocycles. The van der Waals surface area contributed by atoms with E-state index in [4.69, 9.17) is 56.8 Å². The van der Waals surface area contributed by atoms with Gasteiger partial charge >= 0.3 is 5.97 Å². The van der Waals surface area contributed by atoms with Gasteiger partial charge in [-0.05, 0) is 102 Å². The Kier molecular flexibility index (Phi) is 19.7. The first kappa shape index (κ1) is 65.0. The van der Waals surface area contributed by atoms with E-state index in [-0.39, 0.29) is 84.6 Å². The highest BCUT2D eigenvalue weighted by Crippen LogP contribution is 2.48. The average Bonchev–Trinajstić information content (AvgIpc) is 1.11. The van der Waals surface area contributed by atoms with E-state index in [0.29, 0.717) is 0 Å². The molecule has 4 aromatic rings. The highest BCUT2D eigenvalue weighted by atomic mass is 16.7. The van der Waals surface area contributed by atoms with Gasteiger partial charge in [0.15, 0.2) is 36.7 Å². The molecule has 10 N–H and O–H groups in total. The maximum Gasteiger partial charge on any atom is 0.309 e. The summed E-state index contributed by atoms with van der Waals surface area (Å²) in [4.78, 5) is 47.2. The van der Waals surface area contributed by atoms with Crippen LogP contribution in [0.15, 0.2) is 42.6 Å². The second-order valence-electron chi connectivity index (χ2n) is 24.6. The molecule has 0 radical (unpaired) electrons. The summed E-state index contributed by atoms with van der Waals surface area (Å²) >= 11 is 0. The Balaban J connectivity index is 0.937. The van der Waals surface area contributed by atoms with Gasteiger partial charge in [0.25, 0.3) is 0 Å². The van der Waals surface area contributed by atoms with E-state index < -0.39 is 176 Å². The van der Waals surface area contributed by atoms with Gasteiger partial charge in [0.05, 0.1) is 84.5 Å². The maximum atomic E-state index is 15.5. The number of aromatic nitrogens is 1. The van der Waals surface area contributed by atoms with E-state index >= 15 is 4.79 Å². The lowest BCUT2D eigenvalue weighted by Crippen LogP contribution is -2.58. The van der Waals surface area contributed by atoms with Crippen molar-refractivity contribution in [2.24, 2.45) is 11.8 Å². The number of aromatic amines is 1. The van der Waals surface area contributed by atoms with Crippen LogP contribution in [0.2, 0.25) is 0 Å². The van der Waals surface area contributed by atoms with E-state index in [9.17, 15) is 55.5 Å². The van der Waals surface area contributed by atoms with Crippen LogP contribution in [0.1, 0.15) is 107 Å². The number of Topliss-reactive ketones (excluding diaryl/α,β-unsaturated/α-hetero) is 2. The highest BCUT2D eigenvalue weighted by Gasteiger charge is 2.51. The van der Waals surface area contributed by atoms with Gasteiger partial charge in [-0.3, -0.25) is 14.4 Å². The molecular weight excluding hydrogens is 1140 g/mol. The number of phenols is 2. The summed E-state index contributed by atoms with van der Waals surface area (Å²) < 4.78 is 73.0. The van der Waals surface area contributed by atoms with Crippen molar-refractivity contribution < 1.29 is 117 Å². The number of carbonyl (C=O) groups is 3. The highest BCUT2D eigenvalue weighted by molar-refractivity contribution is 6.11. The van der Waals surface area contributed by atoms with Crippen molar-refractivity contribution in [2.75, 3.05) is 14.2 Å². The van der Waals surface area contributed by atoms with Crippen molar-refractivity contribution in [3.05, 3.63) is 64.8 Å². The number of rotatable bonds is 18. The first-order valence-electron chi connectivity index (χ1n) is 29.9. The summed E-state index contributed by atoms with van der Waals surface area (Å²) in [5, 5.41) is 101. The van der Waals surface area contributed by atoms with E-state index in [1.54, 1.807) is 52.9 Å². The van der Waals surface area contributed by atoms with Crippen LogP contribution in [0.5, 0.6) is 17.2 Å². The molecular formula is C62H83NO24. The Morgan fingerprint density at radius 3 is 1.87 bits per heavy atom. The minimum atomic E-state index is -1.63. The Bertz CT molecular complexity index is 3090. The zero-order valence-electron chi connectivity index (χ0n) is 50.1. The first-order chi connectivity index (χ1) is 41.2. The molecule has 21 unspecified atom stereocenters. The average molecular weight is 1230 g/mol. The van der Waals surface area contributed by atoms with Crippen molar-refractivity contribution >= 4 is 39.2 Å². The third-order valence-corrected chi connectivity index (χ3v) is 18.3. The minimum Gasteiger partial charge on any atom is -0.507 e. The van der Waals surface area contributed by atoms with Crippen molar-refractivity contribution in [1.82, 2.24) is 4.98 Å². The Labute approximate surface area is 502 Å². The maximum absolute atomic E-state index is 15.5. The molecule has 25 nitrogen and oxygen atoms in total. The molecule has 3 aromatic carbocycles. The van der Waals surface area contributed by atoms with Gasteiger partial charge in [0.1, 0.15) is 60.0 Å². The fourth-order valence-electron chi connectivity index (χ4n) is 13.3. The Morgan fingerprint density at radius 1 is 0.713 bits per heavy atom. The number of aliphatic hydroxyl groups is 7. The SMILES string of the molecule is COC(=O)C(CC(=O)[C@@H](OC)[C@@H]1Cc2cc3cc(OC4CC(OC5CC(O)C(O)C(C)O5)C(O)C(C)O4)c(C)c(O)c3c(O)c2C(=O)[C@H]1OC1CC(OC2CC(OC3CC(C)(O)C(O)C(C)O3)C(O)C(C)O2)C(O)C(C)O1)Cc1cccc2[nH]ccc12. The van der Waals surface area contributed by atoms with Gasteiger partial charge in [-0.25, -0.2) is 0 Å². The number of ketones is 2. The molecule has 1 aromatic heterocycles. The zero-order valence-corrected chi connectivity index (χ0v) is 50.1. The second-order valence-corrected chi connectivity index (χ2v) is 24.6. The standard InChI is InChI=1S/C62H83NO24/c1-25-40(83-45-21-41(53(68)27(3)79-45)84-44-20-38(64)52(67)26(2)78-44)19-33-16-32-17-36(58(76-8)39(65)18-34(61(74)77-9)15-31-11-10-12-37-35(31)13-14-63-37)59(57(72)50(32)56(71)49(33)51(25)66)87-47-23-42(54(69)29(5)81-47)85-46-22-43(55(70)28(4)80-46)86-48-24-62(7,75)60(73)30(6)82-48/h10-14,16,19,26-30,34,36,38,41-48,52-55,58-60,63-64,66-71,73,75H,15,17-18,20-24H2,1-9H3/t26?,27?,28?,29?,30?,34?,36-,38?,41?,42?,43?,44?,45?,46?,47?,48?,52?,53?,54?,55?,58-,59-,60?,62?/m0/s1. The van der Waals surface area contributed by atoms with Crippen molar-refractivity contribution in [3.8, 4) is 17.2 Å². The molecule has 24 atom stereocenters. The first-order valence-corrected chi connectivity index (χ1v) is 29.9. The number of hydrogen-bond donors (Lipinski definition) is 10. The van der Waals surface area contributed by atoms with Crippen LogP contribution in [-0.2, 0) is 74.5 Å². The Morgan fingerprint density at radius 2 is 1.28 bits per heavy atom. The van der Waals surface area contributed by atoms with Crippen LogP contribution in [0.25, 0.3) is 21.7 Å². The summed E-state index contributed by atoms with van der Waals surface area (Å²) in [6.45, 7) is 11.0. The lowest BCUT2D eigenvalue weighted by atomic mass is 9.74. The Hall–Kier alpha value is -5.01. The van der Waals surface area contributed by atoms with Gasteiger partial charge < -0.3 is 108 Å². The monoisotopic (exact) mass is 1230 g/mol. The van der Waals surface area contributed by atoms with Gasteiger partial charge in [-0.2, -0.15) is 0 Å². The van der Waals surface area contributed by atoms with Crippen LogP contribution in [0, 0.1) is 18.8 Å². The van der Waals surface area contributed by atoms with Crippen LogP contribution >= 0.6 is 0 Å². The molecule has 0 bridgehead atoms. The molecule has 6 aliphatic rings. The molecule has 5 saturated heterocycles. The molecule has 5 aliphatic heterocycles. The normalized spacial score (nSPS) is 38.2. The van der Waals surface area contributed by atoms with Crippen LogP contribution < -0.4 is 4.74 Å². The van der Waals surface area contributed by atoms with Crippen LogP contribution in [0.4, 0.5) is 0 Å². The second kappa shape index (κ2) is 26.4. The number of benzene rings is 3. The number of aliphatic hydroxyl groups excluding tert-OH is 6. The fraction of sp³-hybridized carbons (Fsp3) is 0.661. The number of fused-ring (bicyclic) bond motifs is 3. The zero-order chi connectivity index (χ0) is 62.7. The van der Waals surface area contributed by atoms with Gasteiger partial charge in [0.2, 0.25) is 6.29 Å². The summed E-state index contributed by atoms with van der Waals surface area (Å²) in [5.41, 5.74) is 0.211. The number of esters is 1. The van der Waals surface area contributed by atoms with E-state index in [2.05, 4.69) is 4.98 Å². The number of ether oxygens (including phenoxy) is 12. The molecule has 25 heteroatoms. The quantitative estimate of drug-likeness (QED) is 0.0640. The number of phenolic OH excluding ortho intramolecular Hbond substituents is 2. The molecule has 6 heterocycles. The number of methoxy groups -OCH3 is 2. The number of carbonyl (C=O) groups excluding carboxylic acids is 3. The smallest absolute Gasteiger partial charge is 0.309 e. The number of nitrogens with one attached hydrogen (secondary N) is 1. The predicted molar refractivity (Wildman–Crippen MR) is 303 cm³/mol. The lowest BCUT2D eigenvalue weighted by molar-refractivity contribution is -0.334. The number of aromatic hydroxyl groups is 2. The summed E-state index contributed by atoms with van der Waals surface area (Å²) in [5.74, 6) is -5.16. The molecule has 0 saturated carbocycles. The van der Waals surface area contributed by atoms with Gasteiger partial charge in [-0.1, -0.05) is 12.1 Å². The minimum absolute atomic E-state index is 0.0361. The third-order valence-electron chi connectivity index (χ3n) is 18.3. The van der Waals surface area contributed by atoms with Crippen LogP contribution in [0.3, 0.4) is 0 Å². The van der Waals surface area contributed by atoms with Crippen molar-refractivity contribution in [3.63, 3.8) is 0 Å². The van der Waals surface area contributed by atoms with E-state index in [1.165, 1.54) is 28.1 Å². The summed E-state index contributed by atoms with van der Waals surface area (Å²) in [6.07, 6.45) is -21.9. The molecule has 87 heavy (non-hydrogen) atoms.